The number of carbonyl (C=O) groups excluding carboxylic acids is 1. The number of hydrogen-bond acceptors (Lipinski definition) is 4. The second kappa shape index (κ2) is 4.08. The maximum absolute atomic E-state index is 11.1. The first kappa shape index (κ1) is 9.79. The van der Waals surface area contributed by atoms with Crippen LogP contribution in [0.25, 0.3) is 0 Å². The molecule has 0 spiro atoms. The van der Waals surface area contributed by atoms with Gasteiger partial charge in [-0.1, -0.05) is 0 Å². The molecule has 12 heavy (non-hydrogen) atoms. The first-order valence-corrected chi connectivity index (χ1v) is 4.58. The zero-order chi connectivity index (χ0) is 9.14. The van der Waals surface area contributed by atoms with E-state index in [4.69, 9.17) is 5.73 Å². The lowest BCUT2D eigenvalue weighted by molar-refractivity contribution is -0.136. The molecule has 1 heterocycles. The Labute approximate surface area is 85.2 Å². The summed E-state index contributed by atoms with van der Waals surface area (Å²) in [6, 6.07) is 0. The summed E-state index contributed by atoms with van der Waals surface area (Å²) in [5.74, 6) is -0.311. The van der Waals surface area contributed by atoms with E-state index in [1.165, 1.54) is 7.11 Å². The lowest BCUT2D eigenvalue weighted by Gasteiger charge is -2.22. The number of esters is 1. The van der Waals surface area contributed by atoms with Crippen LogP contribution in [0.5, 0.6) is 0 Å². The number of hydrogen-bond donors (Lipinski definition) is 1. The van der Waals surface area contributed by atoms with Crippen molar-refractivity contribution in [3.05, 3.63) is 11.3 Å². The Hall–Kier alpha value is -0.300. The predicted molar refractivity (Wildman–Crippen MR) is 53.4 cm³/mol. The van der Waals surface area contributed by atoms with Crippen LogP contribution < -0.4 is 5.73 Å². The summed E-state index contributed by atoms with van der Waals surface area (Å²) < 4.78 is 6.62. The summed E-state index contributed by atoms with van der Waals surface area (Å²) in [5.41, 5.74) is 6.92. The molecule has 0 aromatic carbocycles. The van der Waals surface area contributed by atoms with Gasteiger partial charge in [-0.25, -0.2) is 7.91 Å². The van der Waals surface area contributed by atoms with Crippen LogP contribution in [0.15, 0.2) is 11.3 Å². The summed E-state index contributed by atoms with van der Waals surface area (Å²) in [6.07, 6.45) is 0.743. The molecule has 0 radical (unpaired) electrons. The van der Waals surface area contributed by atoms with Crippen molar-refractivity contribution in [3.63, 3.8) is 0 Å². The fraction of sp³-hybridized carbons (Fsp3) is 0.571. The third-order valence-electron chi connectivity index (χ3n) is 1.77. The Bertz CT molecular complexity index is 227. The molecule has 1 rings (SSSR count). The lowest BCUT2D eigenvalue weighted by Crippen LogP contribution is -2.30. The second-order valence-corrected chi connectivity index (χ2v) is 3.95. The smallest absolute Gasteiger partial charge is 0.336 e. The molecule has 0 saturated heterocycles. The van der Waals surface area contributed by atoms with Gasteiger partial charge >= 0.3 is 5.97 Å². The van der Waals surface area contributed by atoms with E-state index in [1.54, 1.807) is 0 Å². The molecule has 68 valence electrons. The minimum absolute atomic E-state index is 0.311. The lowest BCUT2D eigenvalue weighted by atomic mass is 10.1. The third-order valence-corrected chi connectivity index (χ3v) is 2.60. The SMILES string of the molecule is COC(=O)C1=C(N)CCN(I)C1. The monoisotopic (exact) mass is 282 g/mol. The Morgan fingerprint density at radius 3 is 3.00 bits per heavy atom. The quantitative estimate of drug-likeness (QED) is 0.430. The van der Waals surface area contributed by atoms with Gasteiger partial charge < -0.3 is 10.5 Å². The Morgan fingerprint density at radius 1 is 1.75 bits per heavy atom. The molecule has 0 saturated carbocycles. The van der Waals surface area contributed by atoms with E-state index in [0.717, 1.165) is 13.0 Å². The molecule has 0 bridgehead atoms. The predicted octanol–water partition coefficient (Wildman–Crippen LogP) is 0.428. The van der Waals surface area contributed by atoms with Crippen LogP contribution >= 0.6 is 22.9 Å². The average Bonchev–Trinajstić information content (AvgIpc) is 2.08. The summed E-state index contributed by atoms with van der Waals surface area (Å²) in [6.45, 7) is 1.48. The van der Waals surface area contributed by atoms with Crippen molar-refractivity contribution in [2.24, 2.45) is 5.73 Å². The summed E-state index contributed by atoms with van der Waals surface area (Å²) >= 11 is 2.17. The van der Waals surface area contributed by atoms with Crippen LogP contribution in [-0.4, -0.2) is 29.3 Å². The van der Waals surface area contributed by atoms with Crippen molar-refractivity contribution in [1.82, 2.24) is 3.11 Å². The van der Waals surface area contributed by atoms with E-state index in [-0.39, 0.29) is 5.97 Å². The zero-order valence-electron chi connectivity index (χ0n) is 6.84. The first-order valence-electron chi connectivity index (χ1n) is 3.61. The van der Waals surface area contributed by atoms with Gasteiger partial charge in [0, 0.05) is 48.1 Å². The van der Waals surface area contributed by atoms with E-state index in [0.29, 0.717) is 17.8 Å². The summed E-state index contributed by atoms with van der Waals surface area (Å²) in [7, 11) is 1.37. The van der Waals surface area contributed by atoms with Gasteiger partial charge in [-0.3, -0.25) is 0 Å². The molecule has 0 aromatic heterocycles. The van der Waals surface area contributed by atoms with Gasteiger partial charge in [0.15, 0.2) is 0 Å². The highest BCUT2D eigenvalue weighted by Crippen LogP contribution is 2.17. The Kier molecular flexibility index (Phi) is 3.33. The van der Waals surface area contributed by atoms with Gasteiger partial charge in [0.2, 0.25) is 0 Å². The van der Waals surface area contributed by atoms with Crippen molar-refractivity contribution in [1.29, 1.82) is 0 Å². The van der Waals surface area contributed by atoms with Crippen molar-refractivity contribution in [3.8, 4) is 0 Å². The number of ether oxygens (including phenoxy) is 1. The first-order chi connectivity index (χ1) is 5.65. The molecule has 1 aliphatic rings. The molecule has 5 heteroatoms. The zero-order valence-corrected chi connectivity index (χ0v) is 9.00. The number of carbonyl (C=O) groups is 1. The molecular formula is C7H11IN2O2. The molecule has 2 N–H and O–H groups in total. The van der Waals surface area contributed by atoms with Crippen molar-refractivity contribution in [2.75, 3.05) is 20.2 Å². The van der Waals surface area contributed by atoms with Crippen LogP contribution in [-0.2, 0) is 9.53 Å². The highest BCUT2D eigenvalue weighted by Gasteiger charge is 2.21. The van der Waals surface area contributed by atoms with Gasteiger partial charge in [0.1, 0.15) is 0 Å². The van der Waals surface area contributed by atoms with E-state index in [1.807, 2.05) is 3.11 Å². The standard InChI is InChI=1S/C7H11IN2O2/c1-12-7(11)5-4-10(8)3-2-6(5)9/h2-4,9H2,1H3. The fourth-order valence-corrected chi connectivity index (χ4v) is 1.65. The van der Waals surface area contributed by atoms with E-state index in [9.17, 15) is 4.79 Å². The van der Waals surface area contributed by atoms with Crippen LogP contribution in [0.3, 0.4) is 0 Å². The summed E-state index contributed by atoms with van der Waals surface area (Å²) in [5, 5.41) is 0. The van der Waals surface area contributed by atoms with Gasteiger partial charge in [-0.2, -0.15) is 0 Å². The number of methoxy groups -OCH3 is 1. The molecule has 0 aromatic rings. The van der Waals surface area contributed by atoms with E-state index in [2.05, 4.69) is 27.6 Å². The molecule has 0 aliphatic carbocycles. The highest BCUT2D eigenvalue weighted by atomic mass is 127. The average molecular weight is 282 g/mol. The fourth-order valence-electron chi connectivity index (χ4n) is 1.06. The number of rotatable bonds is 1. The van der Waals surface area contributed by atoms with Gasteiger partial charge in [0.25, 0.3) is 0 Å². The van der Waals surface area contributed by atoms with Crippen LogP contribution in [0, 0.1) is 0 Å². The van der Waals surface area contributed by atoms with Crippen molar-refractivity contribution < 1.29 is 9.53 Å². The Morgan fingerprint density at radius 2 is 2.42 bits per heavy atom. The molecule has 0 amide bonds. The van der Waals surface area contributed by atoms with Gasteiger partial charge in [-0.15, -0.1) is 0 Å². The number of nitrogens with two attached hydrogens (primary N) is 1. The minimum Gasteiger partial charge on any atom is -0.466 e. The number of nitrogens with zero attached hydrogens (tertiary/aromatic N) is 1. The van der Waals surface area contributed by atoms with E-state index >= 15 is 0 Å². The summed E-state index contributed by atoms with van der Waals surface area (Å²) in [4.78, 5) is 11.1. The van der Waals surface area contributed by atoms with Gasteiger partial charge in [-0.05, 0) is 0 Å². The van der Waals surface area contributed by atoms with Crippen LogP contribution in [0.4, 0.5) is 0 Å². The highest BCUT2D eigenvalue weighted by molar-refractivity contribution is 14.1. The van der Waals surface area contributed by atoms with Crippen LogP contribution in [0.1, 0.15) is 6.42 Å². The van der Waals surface area contributed by atoms with Crippen molar-refractivity contribution in [2.45, 2.75) is 6.42 Å². The maximum Gasteiger partial charge on any atom is 0.336 e. The molecular weight excluding hydrogens is 271 g/mol. The topological polar surface area (TPSA) is 55.6 Å². The molecule has 0 unspecified atom stereocenters. The second-order valence-electron chi connectivity index (χ2n) is 2.59. The third kappa shape index (κ3) is 2.10. The van der Waals surface area contributed by atoms with Gasteiger partial charge in [0.05, 0.1) is 12.7 Å². The molecule has 4 nitrogen and oxygen atoms in total. The Balaban J connectivity index is 2.77. The molecule has 0 atom stereocenters. The largest absolute Gasteiger partial charge is 0.466 e. The maximum atomic E-state index is 11.1. The van der Waals surface area contributed by atoms with Crippen LogP contribution in [0.2, 0.25) is 0 Å². The molecule has 1 aliphatic heterocycles. The van der Waals surface area contributed by atoms with Crippen molar-refractivity contribution >= 4 is 28.8 Å². The normalized spacial score (nSPS) is 19.5. The molecule has 0 fully saturated rings. The minimum atomic E-state index is -0.311. The van der Waals surface area contributed by atoms with E-state index < -0.39 is 0 Å². The number of halogens is 1.